The van der Waals surface area contributed by atoms with Crippen LogP contribution in [0.4, 0.5) is 10.5 Å². The van der Waals surface area contributed by atoms with Crippen LogP contribution < -0.4 is 10.6 Å². The molecule has 1 saturated heterocycles. The average molecular weight is 418 g/mol. The smallest absolute Gasteiger partial charge is 0.321 e. The topological polar surface area (TPSA) is 61.4 Å². The van der Waals surface area contributed by atoms with Gasteiger partial charge in [0.2, 0.25) is 5.91 Å². The Labute approximate surface area is 174 Å². The van der Waals surface area contributed by atoms with Gasteiger partial charge in [-0.15, -0.1) is 0 Å². The molecule has 0 bridgehead atoms. The highest BCUT2D eigenvalue weighted by atomic mass is 35.5. The molecular weight excluding hydrogens is 397 g/mol. The molecule has 5 nitrogen and oxygen atoms in total. The predicted molar refractivity (Wildman–Crippen MR) is 114 cm³/mol. The molecule has 1 heterocycles. The monoisotopic (exact) mass is 417 g/mol. The van der Waals surface area contributed by atoms with E-state index in [1.807, 2.05) is 24.3 Å². The Morgan fingerprint density at radius 1 is 1.07 bits per heavy atom. The molecule has 146 valence electrons. The van der Waals surface area contributed by atoms with E-state index in [1.54, 1.807) is 29.2 Å². The Balaban J connectivity index is 1.54. The van der Waals surface area contributed by atoms with Crippen molar-refractivity contribution in [1.82, 2.24) is 10.2 Å². The summed E-state index contributed by atoms with van der Waals surface area (Å²) in [5.74, 6) is -0.248. The van der Waals surface area contributed by atoms with Gasteiger partial charge in [-0.25, -0.2) is 4.79 Å². The van der Waals surface area contributed by atoms with E-state index in [0.717, 1.165) is 31.5 Å². The van der Waals surface area contributed by atoms with Crippen molar-refractivity contribution < 1.29 is 9.59 Å². The van der Waals surface area contributed by atoms with Crippen molar-refractivity contribution in [2.75, 3.05) is 18.4 Å². The fourth-order valence-corrected chi connectivity index (χ4v) is 3.30. The molecule has 0 atom stereocenters. The van der Waals surface area contributed by atoms with Crippen molar-refractivity contribution in [3.63, 3.8) is 0 Å². The molecule has 7 heteroatoms. The number of anilines is 1. The number of hydrogen-bond acceptors (Lipinski definition) is 2. The summed E-state index contributed by atoms with van der Waals surface area (Å²) >= 11 is 12.0. The van der Waals surface area contributed by atoms with Crippen LogP contribution in [0.2, 0.25) is 10.0 Å². The number of hydrogen-bond donors (Lipinski definition) is 2. The van der Waals surface area contributed by atoms with Crippen LogP contribution in [0.3, 0.4) is 0 Å². The van der Waals surface area contributed by atoms with Gasteiger partial charge in [0.05, 0.1) is 0 Å². The maximum atomic E-state index is 12.2. The van der Waals surface area contributed by atoms with Crippen LogP contribution in [0, 0.1) is 0 Å². The van der Waals surface area contributed by atoms with Crippen LogP contribution in [0.5, 0.6) is 0 Å². The molecule has 0 aromatic heterocycles. The maximum Gasteiger partial charge on any atom is 0.321 e. The molecule has 0 radical (unpaired) electrons. The van der Waals surface area contributed by atoms with Crippen LogP contribution in [-0.2, 0) is 11.3 Å². The highest BCUT2D eigenvalue weighted by Crippen LogP contribution is 2.21. The molecule has 3 rings (SSSR count). The highest BCUT2D eigenvalue weighted by molar-refractivity contribution is 6.34. The van der Waals surface area contributed by atoms with Crippen molar-refractivity contribution >= 4 is 46.9 Å². The minimum atomic E-state index is -0.248. The fourth-order valence-electron chi connectivity index (χ4n) is 2.94. The van der Waals surface area contributed by atoms with Gasteiger partial charge in [-0.2, -0.15) is 0 Å². The number of nitrogens with one attached hydrogen (secondary N) is 2. The van der Waals surface area contributed by atoms with Crippen molar-refractivity contribution in [1.29, 1.82) is 0 Å². The largest absolute Gasteiger partial charge is 0.348 e. The van der Waals surface area contributed by atoms with E-state index in [2.05, 4.69) is 10.6 Å². The molecule has 2 aromatic carbocycles. The van der Waals surface area contributed by atoms with Crippen molar-refractivity contribution in [3.8, 4) is 0 Å². The van der Waals surface area contributed by atoms with E-state index in [0.29, 0.717) is 27.8 Å². The van der Waals surface area contributed by atoms with Gasteiger partial charge in [0.15, 0.2) is 0 Å². The second kappa shape index (κ2) is 9.62. The lowest BCUT2D eigenvalue weighted by molar-refractivity contribution is -0.116. The third-order valence-corrected chi connectivity index (χ3v) is 4.99. The van der Waals surface area contributed by atoms with E-state index in [9.17, 15) is 9.59 Å². The lowest BCUT2D eigenvalue weighted by Gasteiger charge is -2.16. The fraction of sp³-hybridized carbons (Fsp3) is 0.238. The van der Waals surface area contributed by atoms with Gasteiger partial charge in [0.25, 0.3) is 0 Å². The zero-order chi connectivity index (χ0) is 19.9. The first kappa shape index (κ1) is 20.2. The molecule has 1 fully saturated rings. The van der Waals surface area contributed by atoms with Gasteiger partial charge in [0, 0.05) is 41.4 Å². The van der Waals surface area contributed by atoms with Gasteiger partial charge in [-0.05, 0) is 60.4 Å². The SMILES string of the molecule is O=C(/C=C/c1cc(Cl)ccc1Cl)NCc1cccc(NC(=O)N2CCCC2)c1. The highest BCUT2D eigenvalue weighted by Gasteiger charge is 2.17. The Kier molecular flexibility index (Phi) is 6.95. The summed E-state index contributed by atoms with van der Waals surface area (Å²) in [5, 5.41) is 6.79. The number of nitrogens with zero attached hydrogens (tertiary/aromatic N) is 1. The van der Waals surface area contributed by atoms with Crippen LogP contribution in [0.1, 0.15) is 24.0 Å². The Hall–Kier alpha value is -2.50. The first-order valence-corrected chi connectivity index (χ1v) is 9.83. The van der Waals surface area contributed by atoms with Crippen molar-refractivity contribution in [3.05, 3.63) is 69.7 Å². The summed E-state index contributed by atoms with van der Waals surface area (Å²) in [6.45, 7) is 1.94. The van der Waals surface area contributed by atoms with Gasteiger partial charge in [-0.3, -0.25) is 4.79 Å². The van der Waals surface area contributed by atoms with Gasteiger partial charge in [-0.1, -0.05) is 35.3 Å². The maximum absolute atomic E-state index is 12.2. The zero-order valence-corrected chi connectivity index (χ0v) is 16.8. The van der Waals surface area contributed by atoms with E-state index in [4.69, 9.17) is 23.2 Å². The molecule has 2 N–H and O–H groups in total. The van der Waals surface area contributed by atoms with E-state index < -0.39 is 0 Å². The number of carbonyl (C=O) groups is 2. The Morgan fingerprint density at radius 2 is 1.86 bits per heavy atom. The van der Waals surface area contributed by atoms with Gasteiger partial charge in [0.1, 0.15) is 0 Å². The van der Waals surface area contributed by atoms with Crippen LogP contribution in [0.25, 0.3) is 6.08 Å². The Morgan fingerprint density at radius 3 is 2.64 bits per heavy atom. The number of benzene rings is 2. The summed E-state index contributed by atoms with van der Waals surface area (Å²) < 4.78 is 0. The van der Waals surface area contributed by atoms with Crippen LogP contribution >= 0.6 is 23.2 Å². The van der Waals surface area contributed by atoms with E-state index >= 15 is 0 Å². The van der Waals surface area contributed by atoms with Crippen molar-refractivity contribution in [2.24, 2.45) is 0 Å². The van der Waals surface area contributed by atoms with Gasteiger partial charge >= 0.3 is 6.03 Å². The van der Waals surface area contributed by atoms with Crippen molar-refractivity contribution in [2.45, 2.75) is 19.4 Å². The molecular formula is C21H21Cl2N3O2. The van der Waals surface area contributed by atoms with Crippen LogP contribution in [0.15, 0.2) is 48.5 Å². The molecule has 0 aliphatic carbocycles. The Bertz CT molecular complexity index is 893. The predicted octanol–water partition coefficient (Wildman–Crippen LogP) is 4.95. The summed E-state index contributed by atoms with van der Waals surface area (Å²) in [5.41, 5.74) is 2.28. The molecule has 0 unspecified atom stereocenters. The summed E-state index contributed by atoms with van der Waals surface area (Å²) in [6.07, 6.45) is 5.13. The molecule has 2 aromatic rings. The number of urea groups is 1. The standard InChI is InChI=1S/C21H21Cl2N3O2/c22-17-7-8-19(23)16(13-17)6-9-20(27)24-14-15-4-3-5-18(12-15)25-21(28)26-10-1-2-11-26/h3-9,12-13H,1-2,10-11,14H2,(H,24,27)(H,25,28)/b9-6+. The first-order chi connectivity index (χ1) is 13.5. The molecule has 28 heavy (non-hydrogen) atoms. The van der Waals surface area contributed by atoms with E-state index in [1.165, 1.54) is 6.08 Å². The number of halogens is 2. The second-order valence-corrected chi connectivity index (χ2v) is 7.39. The normalized spacial score (nSPS) is 13.7. The lowest BCUT2D eigenvalue weighted by atomic mass is 10.2. The molecule has 3 amide bonds. The minimum Gasteiger partial charge on any atom is -0.348 e. The third-order valence-electron chi connectivity index (χ3n) is 4.41. The molecule has 0 saturated carbocycles. The summed E-state index contributed by atoms with van der Waals surface area (Å²) in [6, 6.07) is 12.4. The minimum absolute atomic E-state index is 0.0833. The number of rotatable bonds is 5. The molecule has 1 aliphatic rings. The number of carbonyl (C=O) groups excluding carboxylic acids is 2. The molecule has 1 aliphatic heterocycles. The average Bonchev–Trinajstić information content (AvgIpc) is 3.22. The molecule has 0 spiro atoms. The first-order valence-electron chi connectivity index (χ1n) is 9.07. The quantitative estimate of drug-likeness (QED) is 0.675. The number of likely N-dealkylation sites (tertiary alicyclic amines) is 1. The van der Waals surface area contributed by atoms with Gasteiger partial charge < -0.3 is 15.5 Å². The van der Waals surface area contributed by atoms with E-state index in [-0.39, 0.29) is 11.9 Å². The van der Waals surface area contributed by atoms with Crippen LogP contribution in [-0.4, -0.2) is 29.9 Å². The third kappa shape index (κ3) is 5.75. The summed E-state index contributed by atoms with van der Waals surface area (Å²) in [4.78, 5) is 26.1. The second-order valence-electron chi connectivity index (χ2n) is 6.54. The zero-order valence-electron chi connectivity index (χ0n) is 15.3. The number of amides is 3. The summed E-state index contributed by atoms with van der Waals surface area (Å²) in [7, 11) is 0. The lowest BCUT2D eigenvalue weighted by Crippen LogP contribution is -2.32.